The summed E-state index contributed by atoms with van der Waals surface area (Å²) < 4.78 is 2.44. The van der Waals surface area contributed by atoms with Crippen molar-refractivity contribution in [1.29, 1.82) is 0 Å². The molecule has 2 heterocycles. The largest absolute Gasteiger partial charge is 0.311 e. The molecule has 3 heteroatoms. The molecule has 3 nitrogen and oxygen atoms in total. The molecule has 0 N–H and O–H groups in total. The molecule has 0 amide bonds. The minimum absolute atomic E-state index is 1.09. The van der Waals surface area contributed by atoms with Crippen LogP contribution in [0.4, 0.5) is 17.1 Å². The highest BCUT2D eigenvalue weighted by Crippen LogP contribution is 2.44. The van der Waals surface area contributed by atoms with Crippen LogP contribution in [0.2, 0.25) is 0 Å². The summed E-state index contributed by atoms with van der Waals surface area (Å²) in [5, 5.41) is 1.22. The Kier molecular flexibility index (Phi) is 8.94. The fourth-order valence-corrected chi connectivity index (χ4v) is 7.39. The average molecular weight is 692 g/mol. The predicted molar refractivity (Wildman–Crippen MR) is 227 cm³/mol. The van der Waals surface area contributed by atoms with E-state index in [9.17, 15) is 0 Å². The fraction of sp³-hybridized carbons (Fsp3) is 0. The van der Waals surface area contributed by atoms with Crippen molar-refractivity contribution in [3.05, 3.63) is 224 Å². The molecule has 9 aromatic rings. The van der Waals surface area contributed by atoms with Crippen molar-refractivity contribution < 1.29 is 0 Å². The smallest absolute Gasteiger partial charge is 0.0619 e. The van der Waals surface area contributed by atoms with Gasteiger partial charge in [-0.15, -0.1) is 0 Å². The first kappa shape index (κ1) is 32.7. The van der Waals surface area contributed by atoms with Gasteiger partial charge in [-0.25, -0.2) is 0 Å². The molecular formula is C51H37N3. The summed E-state index contributed by atoms with van der Waals surface area (Å²) in [5.41, 5.74) is 15.0. The molecule has 0 aliphatic heterocycles. The van der Waals surface area contributed by atoms with E-state index in [-0.39, 0.29) is 0 Å². The topological polar surface area (TPSA) is 21.1 Å². The van der Waals surface area contributed by atoms with Gasteiger partial charge in [-0.1, -0.05) is 152 Å². The molecule has 0 fully saturated rings. The van der Waals surface area contributed by atoms with Gasteiger partial charge in [-0.05, 0) is 94.0 Å². The van der Waals surface area contributed by atoms with Crippen molar-refractivity contribution in [2.75, 3.05) is 4.90 Å². The maximum atomic E-state index is 4.18. The minimum atomic E-state index is 1.09. The molecule has 0 atom stereocenters. The second kappa shape index (κ2) is 14.8. The number of rotatable bonds is 9. The lowest BCUT2D eigenvalue weighted by atomic mass is 9.97. The summed E-state index contributed by atoms with van der Waals surface area (Å²) in [6.07, 6.45) is 8.15. The summed E-state index contributed by atoms with van der Waals surface area (Å²) >= 11 is 0. The van der Waals surface area contributed by atoms with Crippen molar-refractivity contribution >= 4 is 40.1 Å². The van der Waals surface area contributed by atoms with Crippen LogP contribution < -0.4 is 4.90 Å². The van der Waals surface area contributed by atoms with E-state index in [2.05, 4.69) is 215 Å². The van der Waals surface area contributed by atoms with Gasteiger partial charge in [-0.2, -0.15) is 0 Å². The highest BCUT2D eigenvalue weighted by molar-refractivity contribution is 6.08. The summed E-state index contributed by atoms with van der Waals surface area (Å²) in [4.78, 5) is 6.48. The third-order valence-electron chi connectivity index (χ3n) is 9.90. The molecule has 0 unspecified atom stereocenters. The second-order valence-corrected chi connectivity index (χ2v) is 13.2. The molecule has 7 aromatic carbocycles. The Morgan fingerprint density at radius 3 is 1.59 bits per heavy atom. The maximum absolute atomic E-state index is 4.18. The molecule has 54 heavy (non-hydrogen) atoms. The lowest BCUT2D eigenvalue weighted by Crippen LogP contribution is -2.09. The van der Waals surface area contributed by atoms with E-state index in [0.29, 0.717) is 0 Å². The van der Waals surface area contributed by atoms with Gasteiger partial charge in [0.05, 0.1) is 11.2 Å². The van der Waals surface area contributed by atoms with E-state index in [4.69, 9.17) is 0 Å². The fourth-order valence-electron chi connectivity index (χ4n) is 7.39. The Hall–Kier alpha value is -7.23. The van der Waals surface area contributed by atoms with Gasteiger partial charge in [0, 0.05) is 46.1 Å². The zero-order valence-electron chi connectivity index (χ0n) is 29.7. The predicted octanol–water partition coefficient (Wildman–Crippen LogP) is 13.7. The lowest BCUT2D eigenvalue weighted by molar-refractivity contribution is 1.13. The molecule has 0 radical (unpaired) electrons. The first-order valence-electron chi connectivity index (χ1n) is 18.3. The molecule has 0 spiro atoms. The van der Waals surface area contributed by atoms with Gasteiger partial charge >= 0.3 is 0 Å². The van der Waals surface area contributed by atoms with Crippen LogP contribution in [-0.4, -0.2) is 9.55 Å². The lowest BCUT2D eigenvalue weighted by Gasteiger charge is -2.25. The van der Waals surface area contributed by atoms with E-state index >= 15 is 0 Å². The number of aromatic nitrogens is 2. The third-order valence-corrected chi connectivity index (χ3v) is 9.90. The standard InChI is InChI=1S/C51H37N3/c1-5-14-41(15-6-1)49-48-23-13-18-43(50(48)54(45-21-11-4-12-22-45)51(49)42-16-7-2-8-17-42)27-24-38-25-30-46(31-26-38)53(44-19-9-3-10-20-44)47-32-28-39(29-33-47)40-34-36-52-37-35-40/h1-37H/b27-24+. The zero-order chi connectivity index (χ0) is 36.1. The summed E-state index contributed by atoms with van der Waals surface area (Å²) in [6, 6.07) is 71.1. The summed E-state index contributed by atoms with van der Waals surface area (Å²) in [5.74, 6) is 0. The Bertz CT molecular complexity index is 2650. The van der Waals surface area contributed by atoms with Gasteiger partial charge in [0.25, 0.3) is 0 Å². The second-order valence-electron chi connectivity index (χ2n) is 13.2. The Labute approximate surface area is 316 Å². The molecular weight excluding hydrogens is 655 g/mol. The monoisotopic (exact) mass is 691 g/mol. The van der Waals surface area contributed by atoms with Gasteiger partial charge in [-0.3, -0.25) is 4.98 Å². The van der Waals surface area contributed by atoms with E-state index < -0.39 is 0 Å². The number of hydrogen-bond donors (Lipinski definition) is 0. The number of hydrogen-bond acceptors (Lipinski definition) is 2. The Morgan fingerprint density at radius 2 is 0.944 bits per heavy atom. The first-order chi connectivity index (χ1) is 26.8. The number of benzene rings is 7. The van der Waals surface area contributed by atoms with Crippen LogP contribution in [0.3, 0.4) is 0 Å². The molecule has 0 saturated heterocycles. The molecule has 0 aliphatic rings. The van der Waals surface area contributed by atoms with Crippen LogP contribution in [0.1, 0.15) is 11.1 Å². The number of pyridine rings is 1. The van der Waals surface area contributed by atoms with Crippen LogP contribution >= 0.6 is 0 Å². The SMILES string of the molecule is C(=C\c1cccc2c(-c3ccccc3)c(-c3ccccc3)n(-c3ccccc3)c12)/c1ccc(N(c2ccccc2)c2ccc(-c3ccncc3)cc2)cc1. The number of para-hydroxylation sites is 3. The van der Waals surface area contributed by atoms with Crippen LogP contribution in [-0.2, 0) is 0 Å². The summed E-state index contributed by atoms with van der Waals surface area (Å²) in [7, 11) is 0. The van der Waals surface area contributed by atoms with Gasteiger partial charge in [0.2, 0.25) is 0 Å². The van der Waals surface area contributed by atoms with Crippen LogP contribution in [0, 0.1) is 0 Å². The van der Waals surface area contributed by atoms with E-state index in [1.807, 2.05) is 24.5 Å². The minimum Gasteiger partial charge on any atom is -0.311 e. The molecule has 9 rings (SSSR count). The number of anilines is 3. The highest BCUT2D eigenvalue weighted by atomic mass is 15.1. The van der Waals surface area contributed by atoms with Gasteiger partial charge in [0.1, 0.15) is 0 Å². The van der Waals surface area contributed by atoms with Crippen molar-refractivity contribution in [1.82, 2.24) is 9.55 Å². The van der Waals surface area contributed by atoms with Crippen LogP contribution in [0.5, 0.6) is 0 Å². The van der Waals surface area contributed by atoms with Gasteiger partial charge in [0.15, 0.2) is 0 Å². The van der Waals surface area contributed by atoms with Crippen molar-refractivity contribution in [2.24, 2.45) is 0 Å². The van der Waals surface area contributed by atoms with E-state index in [1.54, 1.807) is 0 Å². The quantitative estimate of drug-likeness (QED) is 0.141. The summed E-state index contributed by atoms with van der Waals surface area (Å²) in [6.45, 7) is 0. The number of fused-ring (bicyclic) bond motifs is 1. The normalized spacial score (nSPS) is 11.3. The Balaban J connectivity index is 1.13. The zero-order valence-corrected chi connectivity index (χ0v) is 29.7. The van der Waals surface area contributed by atoms with E-state index in [1.165, 1.54) is 33.3 Å². The third kappa shape index (κ3) is 6.40. The average Bonchev–Trinajstić information content (AvgIpc) is 3.61. The molecule has 2 aromatic heterocycles. The first-order valence-corrected chi connectivity index (χ1v) is 18.3. The molecule has 0 bridgehead atoms. The van der Waals surface area contributed by atoms with E-state index in [0.717, 1.165) is 45.0 Å². The number of nitrogens with zero attached hydrogens (tertiary/aromatic N) is 3. The highest BCUT2D eigenvalue weighted by Gasteiger charge is 2.22. The molecule has 0 saturated carbocycles. The molecule has 256 valence electrons. The van der Waals surface area contributed by atoms with Gasteiger partial charge < -0.3 is 9.47 Å². The van der Waals surface area contributed by atoms with Crippen molar-refractivity contribution in [2.45, 2.75) is 0 Å². The molecule has 0 aliphatic carbocycles. The van der Waals surface area contributed by atoms with Crippen molar-refractivity contribution in [3.8, 4) is 39.2 Å². The Morgan fingerprint density at radius 1 is 0.407 bits per heavy atom. The van der Waals surface area contributed by atoms with Crippen LogP contribution in [0.25, 0.3) is 62.3 Å². The van der Waals surface area contributed by atoms with Crippen LogP contribution in [0.15, 0.2) is 213 Å². The maximum Gasteiger partial charge on any atom is 0.0619 e. The van der Waals surface area contributed by atoms with Crippen molar-refractivity contribution in [3.63, 3.8) is 0 Å².